The minimum atomic E-state index is -0.540. The number of nitrogens with zero attached hydrogens (tertiary/aromatic N) is 2. The van der Waals surface area contributed by atoms with Crippen LogP contribution in [0.1, 0.15) is 22.4 Å². The van der Waals surface area contributed by atoms with Crippen LogP contribution in [-0.2, 0) is 12.8 Å². The number of hydrogen-bond donors (Lipinski definition) is 1. The van der Waals surface area contributed by atoms with Crippen molar-refractivity contribution in [3.05, 3.63) is 46.6 Å². The Bertz CT molecular complexity index is 894. The maximum absolute atomic E-state index is 10.3. The van der Waals surface area contributed by atoms with Gasteiger partial charge < -0.3 is 9.84 Å². The lowest BCUT2D eigenvalue weighted by atomic mass is 10.2. The van der Waals surface area contributed by atoms with Gasteiger partial charge in [-0.15, -0.1) is 23.1 Å². The summed E-state index contributed by atoms with van der Waals surface area (Å²) in [5.74, 6) is 1.38. The number of aryl methyl sites for hydroxylation is 3. The summed E-state index contributed by atoms with van der Waals surface area (Å²) in [4.78, 5) is 11.4. The smallest absolute Gasteiger partial charge is 0.128 e. The molecule has 25 heavy (non-hydrogen) atoms. The van der Waals surface area contributed by atoms with Crippen LogP contribution in [0.2, 0.25) is 0 Å². The lowest BCUT2D eigenvalue weighted by molar-refractivity contribution is 0.126. The summed E-state index contributed by atoms with van der Waals surface area (Å²) in [6.07, 6.45) is 4.60. The molecule has 130 valence electrons. The third kappa shape index (κ3) is 3.52. The van der Waals surface area contributed by atoms with E-state index in [1.54, 1.807) is 29.4 Å². The SMILES string of the molecule is Cc1ccccc1OC[C@@H](O)CSc1ncnc2sc3c(c12)CCC3. The normalized spacial score (nSPS) is 14.6. The van der Waals surface area contributed by atoms with Crippen molar-refractivity contribution in [1.29, 1.82) is 0 Å². The summed E-state index contributed by atoms with van der Waals surface area (Å²) >= 11 is 3.39. The zero-order valence-corrected chi connectivity index (χ0v) is 15.7. The molecule has 0 unspecified atom stereocenters. The van der Waals surface area contributed by atoms with Gasteiger partial charge in [0.2, 0.25) is 0 Å². The van der Waals surface area contributed by atoms with Gasteiger partial charge in [-0.05, 0) is 43.4 Å². The van der Waals surface area contributed by atoms with E-state index in [4.69, 9.17) is 4.74 Å². The fraction of sp³-hybridized carbons (Fsp3) is 0.368. The van der Waals surface area contributed by atoms with Crippen molar-refractivity contribution in [2.75, 3.05) is 12.4 Å². The number of hydrogen-bond acceptors (Lipinski definition) is 6. The van der Waals surface area contributed by atoms with Crippen LogP contribution in [0.4, 0.5) is 0 Å². The molecule has 1 N–H and O–H groups in total. The molecule has 0 bridgehead atoms. The largest absolute Gasteiger partial charge is 0.491 e. The average molecular weight is 373 g/mol. The summed E-state index contributed by atoms with van der Waals surface area (Å²) in [7, 11) is 0. The van der Waals surface area contributed by atoms with E-state index in [1.807, 2.05) is 31.2 Å². The molecule has 0 radical (unpaired) electrons. The molecule has 3 aromatic rings. The van der Waals surface area contributed by atoms with Gasteiger partial charge in [0.1, 0.15) is 28.5 Å². The van der Waals surface area contributed by atoms with Gasteiger partial charge in [0.05, 0.1) is 6.10 Å². The maximum Gasteiger partial charge on any atom is 0.128 e. The van der Waals surface area contributed by atoms with Crippen molar-refractivity contribution >= 4 is 33.3 Å². The number of ether oxygens (including phenoxy) is 1. The number of para-hydroxylation sites is 1. The molecule has 0 saturated heterocycles. The first-order chi connectivity index (χ1) is 12.2. The minimum absolute atomic E-state index is 0.286. The zero-order valence-electron chi connectivity index (χ0n) is 14.1. The number of aliphatic hydroxyl groups excluding tert-OH is 1. The number of thiophene rings is 1. The molecule has 4 nitrogen and oxygen atoms in total. The van der Waals surface area contributed by atoms with Gasteiger partial charge in [-0.25, -0.2) is 9.97 Å². The lowest BCUT2D eigenvalue weighted by Crippen LogP contribution is -2.20. The summed E-state index contributed by atoms with van der Waals surface area (Å²) in [5.41, 5.74) is 2.50. The van der Waals surface area contributed by atoms with Crippen LogP contribution in [0.15, 0.2) is 35.6 Å². The van der Waals surface area contributed by atoms with Gasteiger partial charge in [-0.3, -0.25) is 0 Å². The topological polar surface area (TPSA) is 55.2 Å². The van der Waals surface area contributed by atoms with E-state index in [1.165, 1.54) is 22.2 Å². The molecule has 0 amide bonds. The fourth-order valence-corrected chi connectivity index (χ4v) is 5.36. The van der Waals surface area contributed by atoms with Crippen molar-refractivity contribution in [1.82, 2.24) is 9.97 Å². The van der Waals surface area contributed by atoms with Crippen molar-refractivity contribution in [2.45, 2.75) is 37.3 Å². The first-order valence-electron chi connectivity index (χ1n) is 8.47. The molecule has 2 aromatic heterocycles. The van der Waals surface area contributed by atoms with E-state index in [9.17, 15) is 5.11 Å². The molecular weight excluding hydrogens is 352 g/mol. The van der Waals surface area contributed by atoms with Crippen LogP contribution in [0.5, 0.6) is 5.75 Å². The van der Waals surface area contributed by atoms with E-state index in [-0.39, 0.29) is 6.61 Å². The van der Waals surface area contributed by atoms with Gasteiger partial charge in [-0.1, -0.05) is 18.2 Å². The highest BCUT2D eigenvalue weighted by molar-refractivity contribution is 7.99. The van der Waals surface area contributed by atoms with Gasteiger partial charge >= 0.3 is 0 Å². The van der Waals surface area contributed by atoms with E-state index >= 15 is 0 Å². The third-order valence-corrected chi connectivity index (χ3v) is 6.74. The second-order valence-electron chi connectivity index (χ2n) is 6.26. The highest BCUT2D eigenvalue weighted by atomic mass is 32.2. The van der Waals surface area contributed by atoms with Crippen LogP contribution < -0.4 is 4.74 Å². The molecule has 0 aliphatic heterocycles. The molecule has 1 aliphatic carbocycles. The second kappa shape index (κ2) is 7.32. The van der Waals surface area contributed by atoms with Gasteiger partial charge in [-0.2, -0.15) is 0 Å². The Hall–Kier alpha value is -1.63. The van der Waals surface area contributed by atoms with E-state index < -0.39 is 6.10 Å². The minimum Gasteiger partial charge on any atom is -0.491 e. The van der Waals surface area contributed by atoms with Gasteiger partial charge in [0.25, 0.3) is 0 Å². The van der Waals surface area contributed by atoms with Crippen LogP contribution in [-0.4, -0.2) is 33.5 Å². The predicted octanol–water partition coefficient (Wildman–Crippen LogP) is 4.02. The first-order valence-corrected chi connectivity index (χ1v) is 10.3. The van der Waals surface area contributed by atoms with E-state index in [2.05, 4.69) is 9.97 Å². The molecule has 2 heterocycles. The number of thioether (sulfide) groups is 1. The molecule has 0 spiro atoms. The zero-order chi connectivity index (χ0) is 17.2. The van der Waals surface area contributed by atoms with Gasteiger partial charge in [0, 0.05) is 16.0 Å². The van der Waals surface area contributed by atoms with Crippen LogP contribution in [0, 0.1) is 6.92 Å². The molecular formula is C19H20N2O2S2. The van der Waals surface area contributed by atoms with Crippen molar-refractivity contribution in [3.63, 3.8) is 0 Å². The molecule has 1 atom stereocenters. The Morgan fingerprint density at radius 1 is 1.28 bits per heavy atom. The first kappa shape index (κ1) is 16.8. The monoisotopic (exact) mass is 372 g/mol. The Labute approximate surface area is 155 Å². The quantitative estimate of drug-likeness (QED) is 0.523. The average Bonchev–Trinajstić information content (AvgIpc) is 3.20. The Kier molecular flexibility index (Phi) is 4.92. The maximum atomic E-state index is 10.3. The highest BCUT2D eigenvalue weighted by Crippen LogP contribution is 2.40. The standard InChI is InChI=1S/C19H20N2O2S2/c1-12-5-2-3-7-15(12)23-9-13(22)10-24-18-17-14-6-4-8-16(14)25-19(17)21-11-20-18/h2-3,5,7,11,13,22H,4,6,8-10H2,1H3/t13-/m1/s1. The van der Waals surface area contributed by atoms with Crippen molar-refractivity contribution in [2.24, 2.45) is 0 Å². The van der Waals surface area contributed by atoms with Crippen LogP contribution in [0.3, 0.4) is 0 Å². The predicted molar refractivity (Wildman–Crippen MR) is 103 cm³/mol. The fourth-order valence-electron chi connectivity index (χ4n) is 3.14. The molecule has 1 aliphatic rings. The summed E-state index contributed by atoms with van der Waals surface area (Å²) in [5, 5.41) is 12.5. The molecule has 0 saturated carbocycles. The third-order valence-electron chi connectivity index (χ3n) is 4.40. The Morgan fingerprint density at radius 2 is 2.16 bits per heavy atom. The molecule has 1 aromatic carbocycles. The van der Waals surface area contributed by atoms with Gasteiger partial charge in [0.15, 0.2) is 0 Å². The van der Waals surface area contributed by atoms with Crippen molar-refractivity contribution < 1.29 is 9.84 Å². The molecule has 4 rings (SSSR count). The number of aliphatic hydroxyl groups is 1. The lowest BCUT2D eigenvalue weighted by Gasteiger charge is -2.13. The van der Waals surface area contributed by atoms with Crippen LogP contribution in [0.25, 0.3) is 10.2 Å². The van der Waals surface area contributed by atoms with Crippen molar-refractivity contribution in [3.8, 4) is 5.75 Å². The second-order valence-corrected chi connectivity index (χ2v) is 8.35. The number of rotatable bonds is 6. The number of benzene rings is 1. The summed E-state index contributed by atoms with van der Waals surface area (Å²) in [6.45, 7) is 2.29. The summed E-state index contributed by atoms with van der Waals surface area (Å²) < 4.78 is 5.74. The van der Waals surface area contributed by atoms with E-state index in [0.717, 1.165) is 34.0 Å². The summed E-state index contributed by atoms with van der Waals surface area (Å²) in [6, 6.07) is 7.86. The molecule has 6 heteroatoms. The number of fused-ring (bicyclic) bond motifs is 3. The highest BCUT2D eigenvalue weighted by Gasteiger charge is 2.21. The van der Waals surface area contributed by atoms with E-state index in [0.29, 0.717) is 5.75 Å². The number of aromatic nitrogens is 2. The van der Waals surface area contributed by atoms with Crippen LogP contribution >= 0.6 is 23.1 Å². The Morgan fingerprint density at radius 3 is 3.04 bits per heavy atom. The molecule has 0 fully saturated rings. The Balaban J connectivity index is 1.41.